The normalized spacial score (nSPS) is 13.5. The highest BCUT2D eigenvalue weighted by Crippen LogP contribution is 2.32. The average Bonchev–Trinajstić information content (AvgIpc) is 3.21. The Bertz CT molecular complexity index is 1020. The second kappa shape index (κ2) is 10.5. The van der Waals surface area contributed by atoms with Crippen LogP contribution in [0, 0.1) is 5.92 Å². The van der Waals surface area contributed by atoms with E-state index in [9.17, 15) is 9.59 Å². The first kappa shape index (κ1) is 23.6. The van der Waals surface area contributed by atoms with E-state index in [1.54, 1.807) is 18.2 Å². The molecule has 3 rings (SSSR count). The second-order valence-corrected chi connectivity index (χ2v) is 8.76. The molecule has 0 spiro atoms. The van der Waals surface area contributed by atoms with Crippen molar-refractivity contribution in [3.05, 3.63) is 52.0 Å². The number of hydrogen-bond donors (Lipinski definition) is 2. The van der Waals surface area contributed by atoms with Crippen LogP contribution in [-0.4, -0.2) is 37.0 Å². The Hall–Kier alpha value is -3.07. The van der Waals surface area contributed by atoms with Crippen molar-refractivity contribution in [2.24, 2.45) is 11.0 Å². The van der Waals surface area contributed by atoms with E-state index < -0.39 is 11.9 Å². The fraction of sp³-hybridized carbons (Fsp3) is 0.348. The predicted molar refractivity (Wildman–Crippen MR) is 124 cm³/mol. The van der Waals surface area contributed by atoms with Crippen molar-refractivity contribution in [2.75, 3.05) is 6.79 Å². The van der Waals surface area contributed by atoms with E-state index in [0.29, 0.717) is 28.4 Å². The topological polar surface area (TPSA) is 98.2 Å². The zero-order chi connectivity index (χ0) is 23.3. The van der Waals surface area contributed by atoms with E-state index >= 15 is 0 Å². The van der Waals surface area contributed by atoms with Crippen molar-refractivity contribution >= 4 is 34.0 Å². The van der Waals surface area contributed by atoms with Gasteiger partial charge in [-0.1, -0.05) is 29.8 Å². The monoisotopic (exact) mass is 503 g/mol. The van der Waals surface area contributed by atoms with Gasteiger partial charge in [0.2, 0.25) is 6.79 Å². The molecule has 170 valence electrons. The number of amides is 2. The molecule has 0 bridgehead atoms. The molecule has 0 saturated carbocycles. The quantitative estimate of drug-likeness (QED) is 0.420. The summed E-state index contributed by atoms with van der Waals surface area (Å²) < 4.78 is 17.2. The first-order chi connectivity index (χ1) is 15.2. The lowest BCUT2D eigenvalue weighted by molar-refractivity contribution is -0.123. The van der Waals surface area contributed by atoms with E-state index in [4.69, 9.17) is 14.2 Å². The minimum absolute atomic E-state index is 0.00497. The number of fused-ring (bicyclic) bond motifs is 1. The number of nitrogens with zero attached hydrogens (tertiary/aromatic N) is 1. The first-order valence-corrected chi connectivity index (χ1v) is 11.0. The third kappa shape index (κ3) is 6.00. The summed E-state index contributed by atoms with van der Waals surface area (Å²) in [6, 6.07) is 9.65. The maximum absolute atomic E-state index is 12.7. The molecule has 2 N–H and O–H groups in total. The SMILES string of the molecule is CC(C)Oc1ccc(Br)cc1/C=N/NC(=O)C(NC(=O)c1ccc2c(c1)OCO2)C(C)C. The van der Waals surface area contributed by atoms with Gasteiger partial charge in [0.15, 0.2) is 11.5 Å². The number of carbonyl (C=O) groups is 2. The molecule has 8 nitrogen and oxygen atoms in total. The third-order valence-corrected chi connectivity index (χ3v) is 5.08. The number of carbonyl (C=O) groups excluding carboxylic acids is 2. The Morgan fingerprint density at radius 1 is 1.09 bits per heavy atom. The highest BCUT2D eigenvalue weighted by molar-refractivity contribution is 9.10. The summed E-state index contributed by atoms with van der Waals surface area (Å²) in [5, 5.41) is 6.83. The van der Waals surface area contributed by atoms with Crippen LogP contribution in [0.5, 0.6) is 17.2 Å². The summed E-state index contributed by atoms with van der Waals surface area (Å²) in [5.41, 5.74) is 3.59. The number of nitrogens with one attached hydrogen (secondary N) is 2. The largest absolute Gasteiger partial charge is 0.490 e. The fourth-order valence-electron chi connectivity index (χ4n) is 3.01. The van der Waals surface area contributed by atoms with Gasteiger partial charge in [-0.05, 0) is 56.2 Å². The van der Waals surface area contributed by atoms with Gasteiger partial charge in [0.25, 0.3) is 11.8 Å². The zero-order valence-corrected chi connectivity index (χ0v) is 19.9. The van der Waals surface area contributed by atoms with Crippen LogP contribution in [0.3, 0.4) is 0 Å². The molecule has 2 aromatic carbocycles. The summed E-state index contributed by atoms with van der Waals surface area (Å²) in [5.74, 6) is 0.766. The number of ether oxygens (including phenoxy) is 3. The van der Waals surface area contributed by atoms with Crippen LogP contribution in [0.2, 0.25) is 0 Å². The molecule has 1 aliphatic rings. The van der Waals surface area contributed by atoms with Gasteiger partial charge in [-0.2, -0.15) is 5.10 Å². The minimum Gasteiger partial charge on any atom is -0.490 e. The summed E-state index contributed by atoms with van der Waals surface area (Å²) >= 11 is 3.42. The fourth-order valence-corrected chi connectivity index (χ4v) is 3.39. The first-order valence-electron chi connectivity index (χ1n) is 10.2. The van der Waals surface area contributed by atoms with E-state index in [1.807, 2.05) is 45.9 Å². The van der Waals surface area contributed by atoms with Crippen LogP contribution < -0.4 is 25.0 Å². The summed E-state index contributed by atoms with van der Waals surface area (Å²) in [6.45, 7) is 7.67. The molecule has 0 fully saturated rings. The summed E-state index contributed by atoms with van der Waals surface area (Å²) in [6.07, 6.45) is 1.51. The smallest absolute Gasteiger partial charge is 0.262 e. The van der Waals surface area contributed by atoms with Gasteiger partial charge >= 0.3 is 0 Å². The minimum atomic E-state index is -0.779. The van der Waals surface area contributed by atoms with E-state index in [1.165, 1.54) is 6.21 Å². The highest BCUT2D eigenvalue weighted by Gasteiger charge is 2.25. The molecule has 1 heterocycles. The van der Waals surface area contributed by atoms with Crippen molar-refractivity contribution in [3.8, 4) is 17.2 Å². The molecule has 1 aliphatic heterocycles. The van der Waals surface area contributed by atoms with Gasteiger partial charge in [0.1, 0.15) is 11.8 Å². The number of hydrazone groups is 1. The number of rotatable bonds is 8. The Kier molecular flexibility index (Phi) is 7.74. The van der Waals surface area contributed by atoms with Crippen molar-refractivity contribution in [3.63, 3.8) is 0 Å². The summed E-state index contributed by atoms with van der Waals surface area (Å²) in [4.78, 5) is 25.4. The molecule has 32 heavy (non-hydrogen) atoms. The van der Waals surface area contributed by atoms with Crippen molar-refractivity contribution < 1.29 is 23.8 Å². The molecule has 0 aliphatic carbocycles. The molecule has 2 aromatic rings. The predicted octanol–water partition coefficient (Wildman–Crippen LogP) is 3.87. The molecule has 0 saturated heterocycles. The molecule has 9 heteroatoms. The Balaban J connectivity index is 1.67. The lowest BCUT2D eigenvalue weighted by Gasteiger charge is -2.20. The lowest BCUT2D eigenvalue weighted by Crippen LogP contribution is -2.48. The lowest BCUT2D eigenvalue weighted by atomic mass is 10.0. The molecule has 2 amide bonds. The third-order valence-electron chi connectivity index (χ3n) is 4.58. The van der Waals surface area contributed by atoms with Crippen LogP contribution in [0.1, 0.15) is 43.6 Å². The zero-order valence-electron chi connectivity index (χ0n) is 18.3. The van der Waals surface area contributed by atoms with Gasteiger partial charge in [0.05, 0.1) is 12.3 Å². The molecule has 0 radical (unpaired) electrons. The van der Waals surface area contributed by atoms with Gasteiger partial charge < -0.3 is 19.5 Å². The van der Waals surface area contributed by atoms with Crippen molar-refractivity contribution in [1.82, 2.24) is 10.7 Å². The molecular formula is C23H26BrN3O5. The molecular weight excluding hydrogens is 478 g/mol. The maximum atomic E-state index is 12.7. The molecule has 1 unspecified atom stereocenters. The highest BCUT2D eigenvalue weighted by atomic mass is 79.9. The Labute approximate surface area is 195 Å². The van der Waals surface area contributed by atoms with Gasteiger partial charge in [-0.25, -0.2) is 5.43 Å². The van der Waals surface area contributed by atoms with Gasteiger partial charge in [-0.15, -0.1) is 0 Å². The maximum Gasteiger partial charge on any atom is 0.262 e. The van der Waals surface area contributed by atoms with Gasteiger partial charge in [-0.3, -0.25) is 9.59 Å². The number of halogens is 1. The van der Waals surface area contributed by atoms with Crippen molar-refractivity contribution in [2.45, 2.75) is 39.8 Å². The van der Waals surface area contributed by atoms with Gasteiger partial charge in [0, 0.05) is 15.6 Å². The van der Waals surface area contributed by atoms with E-state index in [0.717, 1.165) is 4.47 Å². The van der Waals surface area contributed by atoms with Crippen LogP contribution in [0.15, 0.2) is 46.0 Å². The second-order valence-electron chi connectivity index (χ2n) is 7.85. The van der Waals surface area contributed by atoms with Crippen LogP contribution in [0.25, 0.3) is 0 Å². The molecule has 1 atom stereocenters. The van der Waals surface area contributed by atoms with Crippen LogP contribution in [0.4, 0.5) is 0 Å². The number of benzene rings is 2. The van der Waals surface area contributed by atoms with Crippen molar-refractivity contribution in [1.29, 1.82) is 0 Å². The number of hydrogen-bond acceptors (Lipinski definition) is 6. The van der Waals surface area contributed by atoms with E-state index in [2.05, 4.69) is 31.8 Å². The van der Waals surface area contributed by atoms with Crippen LogP contribution >= 0.6 is 15.9 Å². The average molecular weight is 504 g/mol. The summed E-state index contributed by atoms with van der Waals surface area (Å²) in [7, 11) is 0. The Morgan fingerprint density at radius 2 is 1.84 bits per heavy atom. The Morgan fingerprint density at radius 3 is 2.56 bits per heavy atom. The van der Waals surface area contributed by atoms with E-state index in [-0.39, 0.29) is 24.7 Å². The van der Waals surface area contributed by atoms with Crippen LogP contribution in [-0.2, 0) is 4.79 Å². The molecule has 0 aromatic heterocycles. The standard InChI is InChI=1S/C23H26BrN3O5/c1-13(2)21(26-22(28)15-5-7-19-20(10-15)31-12-30-19)23(29)27-25-11-16-9-17(24)6-8-18(16)32-14(3)4/h5-11,13-14,21H,12H2,1-4H3,(H,26,28)(H,27,29)/b25-11+.